The summed E-state index contributed by atoms with van der Waals surface area (Å²) in [7, 11) is 1.80. The van der Waals surface area contributed by atoms with Crippen molar-refractivity contribution in [2.24, 2.45) is 0 Å². The molecule has 1 atom stereocenters. The molecule has 88 valence electrons. The minimum Gasteiger partial charge on any atom is -0.338 e. The molecular weight excluding hydrogens is 224 g/mol. The number of pyridine rings is 1. The van der Waals surface area contributed by atoms with Crippen LogP contribution >= 0.6 is 11.6 Å². The van der Waals surface area contributed by atoms with Crippen LogP contribution in [-0.4, -0.2) is 28.9 Å². The molecule has 0 saturated carbocycles. The Morgan fingerprint density at radius 1 is 1.62 bits per heavy atom. The van der Waals surface area contributed by atoms with Gasteiger partial charge in [-0.25, -0.2) is 0 Å². The molecule has 16 heavy (non-hydrogen) atoms. The van der Waals surface area contributed by atoms with E-state index in [0.717, 1.165) is 12.8 Å². The smallest absolute Gasteiger partial charge is 0.272 e. The Kier molecular flexibility index (Phi) is 4.74. The molecule has 0 radical (unpaired) electrons. The lowest BCUT2D eigenvalue weighted by atomic mass is 10.1. The van der Waals surface area contributed by atoms with E-state index < -0.39 is 0 Å². The highest BCUT2D eigenvalue weighted by Crippen LogP contribution is 2.12. The van der Waals surface area contributed by atoms with Gasteiger partial charge in [0.2, 0.25) is 0 Å². The van der Waals surface area contributed by atoms with E-state index >= 15 is 0 Å². The lowest BCUT2D eigenvalue weighted by Crippen LogP contribution is -2.35. The number of amides is 1. The van der Waals surface area contributed by atoms with E-state index in [0.29, 0.717) is 10.7 Å². The summed E-state index contributed by atoms with van der Waals surface area (Å²) in [6.45, 7) is 4.14. The summed E-state index contributed by atoms with van der Waals surface area (Å²) in [5, 5.41) is 0.537. The van der Waals surface area contributed by atoms with Crippen molar-refractivity contribution in [2.75, 3.05) is 7.05 Å². The van der Waals surface area contributed by atoms with E-state index in [1.54, 1.807) is 30.3 Å². The van der Waals surface area contributed by atoms with Crippen LogP contribution in [-0.2, 0) is 0 Å². The quantitative estimate of drug-likeness (QED) is 0.811. The van der Waals surface area contributed by atoms with Crippen molar-refractivity contribution < 1.29 is 4.79 Å². The Morgan fingerprint density at radius 3 is 2.88 bits per heavy atom. The Labute approximate surface area is 101 Å². The second-order valence-corrected chi connectivity index (χ2v) is 4.35. The van der Waals surface area contributed by atoms with Crippen molar-refractivity contribution >= 4 is 17.5 Å². The predicted molar refractivity (Wildman–Crippen MR) is 65.7 cm³/mol. The number of carbonyl (C=O) groups is 1. The molecule has 0 spiro atoms. The van der Waals surface area contributed by atoms with Gasteiger partial charge in [-0.05, 0) is 25.5 Å². The van der Waals surface area contributed by atoms with Crippen molar-refractivity contribution in [1.29, 1.82) is 0 Å². The molecule has 1 heterocycles. The van der Waals surface area contributed by atoms with Crippen LogP contribution in [0.3, 0.4) is 0 Å². The maximum absolute atomic E-state index is 12.0. The van der Waals surface area contributed by atoms with Crippen LogP contribution < -0.4 is 0 Å². The number of rotatable bonds is 4. The van der Waals surface area contributed by atoms with Crippen molar-refractivity contribution in [2.45, 2.75) is 32.7 Å². The number of halogens is 1. The van der Waals surface area contributed by atoms with Gasteiger partial charge in [-0.2, -0.15) is 0 Å². The van der Waals surface area contributed by atoms with Gasteiger partial charge in [-0.1, -0.05) is 24.9 Å². The molecule has 1 rings (SSSR count). The standard InChI is InChI=1S/C12H17ClN2O/c1-4-5-9(2)15(3)12(16)11-8-10(13)6-7-14-11/h6-9H,4-5H2,1-3H3/t9-/m0/s1. The highest BCUT2D eigenvalue weighted by atomic mass is 35.5. The summed E-state index contributed by atoms with van der Waals surface area (Å²) in [6, 6.07) is 3.48. The Balaban J connectivity index is 2.77. The predicted octanol–water partition coefficient (Wildman–Crippen LogP) is 3.00. The van der Waals surface area contributed by atoms with E-state index in [4.69, 9.17) is 11.6 Å². The maximum Gasteiger partial charge on any atom is 0.272 e. The number of hydrogen-bond acceptors (Lipinski definition) is 2. The Bertz CT molecular complexity index is 368. The second-order valence-electron chi connectivity index (χ2n) is 3.91. The van der Waals surface area contributed by atoms with E-state index in [2.05, 4.69) is 11.9 Å². The van der Waals surface area contributed by atoms with Gasteiger partial charge in [0, 0.05) is 24.3 Å². The third-order valence-electron chi connectivity index (χ3n) is 2.63. The fourth-order valence-corrected chi connectivity index (χ4v) is 1.67. The fraction of sp³-hybridized carbons (Fsp3) is 0.500. The van der Waals surface area contributed by atoms with Crippen LogP contribution in [0, 0.1) is 0 Å². The number of carbonyl (C=O) groups excluding carboxylic acids is 1. The van der Waals surface area contributed by atoms with Gasteiger partial charge >= 0.3 is 0 Å². The van der Waals surface area contributed by atoms with Crippen LogP contribution in [0.4, 0.5) is 0 Å². The largest absolute Gasteiger partial charge is 0.338 e. The first-order chi connectivity index (χ1) is 7.56. The number of hydrogen-bond donors (Lipinski definition) is 0. The van der Waals surface area contributed by atoms with E-state index in [-0.39, 0.29) is 11.9 Å². The zero-order valence-corrected chi connectivity index (χ0v) is 10.7. The van der Waals surface area contributed by atoms with Crippen LogP contribution in [0.15, 0.2) is 18.3 Å². The highest BCUT2D eigenvalue weighted by Gasteiger charge is 2.17. The second kappa shape index (κ2) is 5.85. The molecule has 0 unspecified atom stereocenters. The zero-order valence-electron chi connectivity index (χ0n) is 9.90. The fourth-order valence-electron chi connectivity index (χ4n) is 1.51. The molecule has 0 aliphatic carbocycles. The Morgan fingerprint density at radius 2 is 2.31 bits per heavy atom. The van der Waals surface area contributed by atoms with E-state index in [9.17, 15) is 4.79 Å². The number of nitrogens with zero attached hydrogens (tertiary/aromatic N) is 2. The van der Waals surface area contributed by atoms with Crippen molar-refractivity contribution in [3.05, 3.63) is 29.0 Å². The van der Waals surface area contributed by atoms with Gasteiger partial charge in [0.1, 0.15) is 5.69 Å². The first kappa shape index (κ1) is 13.0. The molecule has 0 N–H and O–H groups in total. The first-order valence-corrected chi connectivity index (χ1v) is 5.82. The van der Waals surface area contributed by atoms with Gasteiger partial charge in [0.25, 0.3) is 5.91 Å². The third-order valence-corrected chi connectivity index (χ3v) is 2.86. The van der Waals surface area contributed by atoms with Crippen molar-refractivity contribution in [1.82, 2.24) is 9.88 Å². The molecule has 0 aliphatic heterocycles. The SMILES string of the molecule is CCC[C@H](C)N(C)C(=O)c1cc(Cl)ccn1. The summed E-state index contributed by atoms with van der Waals surface area (Å²) in [6.07, 6.45) is 3.60. The molecule has 4 heteroatoms. The summed E-state index contributed by atoms with van der Waals surface area (Å²) >= 11 is 5.82. The average molecular weight is 241 g/mol. The average Bonchev–Trinajstić information content (AvgIpc) is 2.27. The molecule has 3 nitrogen and oxygen atoms in total. The van der Waals surface area contributed by atoms with Crippen molar-refractivity contribution in [3.63, 3.8) is 0 Å². The van der Waals surface area contributed by atoms with Gasteiger partial charge in [-0.15, -0.1) is 0 Å². The lowest BCUT2D eigenvalue weighted by molar-refractivity contribution is 0.0731. The highest BCUT2D eigenvalue weighted by molar-refractivity contribution is 6.30. The van der Waals surface area contributed by atoms with Crippen LogP contribution in [0.2, 0.25) is 5.02 Å². The van der Waals surface area contributed by atoms with Crippen molar-refractivity contribution in [3.8, 4) is 0 Å². The van der Waals surface area contributed by atoms with E-state index in [1.807, 2.05) is 6.92 Å². The van der Waals surface area contributed by atoms with Crippen LogP contribution in [0.1, 0.15) is 37.2 Å². The van der Waals surface area contributed by atoms with Gasteiger partial charge < -0.3 is 4.90 Å². The minimum absolute atomic E-state index is 0.0801. The summed E-state index contributed by atoms with van der Waals surface area (Å²) in [5.74, 6) is -0.0801. The van der Waals surface area contributed by atoms with Gasteiger partial charge in [0.15, 0.2) is 0 Å². The zero-order chi connectivity index (χ0) is 12.1. The molecule has 0 fully saturated rings. The Hall–Kier alpha value is -1.09. The minimum atomic E-state index is -0.0801. The molecule has 0 saturated heterocycles. The molecular formula is C12H17ClN2O. The van der Waals surface area contributed by atoms with Crippen LogP contribution in [0.5, 0.6) is 0 Å². The van der Waals surface area contributed by atoms with Gasteiger partial charge in [-0.3, -0.25) is 9.78 Å². The molecule has 1 aromatic rings. The molecule has 1 aromatic heterocycles. The first-order valence-electron chi connectivity index (χ1n) is 5.45. The molecule has 0 aromatic carbocycles. The molecule has 1 amide bonds. The molecule has 0 bridgehead atoms. The van der Waals surface area contributed by atoms with Crippen LogP contribution in [0.25, 0.3) is 0 Å². The maximum atomic E-state index is 12.0. The summed E-state index contributed by atoms with van der Waals surface area (Å²) < 4.78 is 0. The third kappa shape index (κ3) is 3.20. The van der Waals surface area contributed by atoms with Gasteiger partial charge in [0.05, 0.1) is 0 Å². The summed E-state index contributed by atoms with van der Waals surface area (Å²) in [5.41, 5.74) is 0.401. The number of aromatic nitrogens is 1. The molecule has 0 aliphatic rings. The lowest BCUT2D eigenvalue weighted by Gasteiger charge is -2.24. The normalized spacial score (nSPS) is 12.2. The topological polar surface area (TPSA) is 33.2 Å². The summed E-state index contributed by atoms with van der Waals surface area (Å²) in [4.78, 5) is 17.8. The monoisotopic (exact) mass is 240 g/mol. The van der Waals surface area contributed by atoms with E-state index in [1.165, 1.54) is 0 Å².